The molecule has 2 amide bonds. The third-order valence-electron chi connectivity index (χ3n) is 12.9. The molecule has 3 aliphatic carbocycles. The predicted octanol–water partition coefficient (Wildman–Crippen LogP) is 1.64. The molecule has 4 heterocycles. The van der Waals surface area contributed by atoms with Crippen LogP contribution in [0.5, 0.6) is 0 Å². The van der Waals surface area contributed by atoms with Crippen molar-refractivity contribution in [3.05, 3.63) is 0 Å². The van der Waals surface area contributed by atoms with Crippen LogP contribution in [0.1, 0.15) is 77.6 Å². The van der Waals surface area contributed by atoms with E-state index in [9.17, 15) is 9.59 Å². The second-order valence-corrected chi connectivity index (χ2v) is 14.6. The number of quaternary nitrogens is 1. The van der Waals surface area contributed by atoms with Gasteiger partial charge in [-0.05, 0) is 63.7 Å². The van der Waals surface area contributed by atoms with Crippen molar-refractivity contribution < 1.29 is 29.1 Å². The van der Waals surface area contributed by atoms with Crippen LogP contribution in [0, 0.1) is 23.7 Å². The highest BCUT2D eigenvalue weighted by Crippen LogP contribution is 2.53. The SMILES string of the molecule is COC1CCC2C3[NH2+]CCC4C5CC(O[C@@H](C)C(=O)N6CCN(C7CCCCC7)CC6)CCC5N(C(=O)C2C1OC)C43. The lowest BCUT2D eigenvalue weighted by Crippen LogP contribution is -2.99. The lowest BCUT2D eigenvalue weighted by molar-refractivity contribution is -0.713. The topological polar surface area (TPSA) is 88.2 Å². The summed E-state index contributed by atoms with van der Waals surface area (Å²) < 4.78 is 18.4. The number of carbonyl (C=O) groups excluding carboxylic acids is 2. The first-order valence-corrected chi connectivity index (χ1v) is 17.4. The van der Waals surface area contributed by atoms with Crippen LogP contribution in [0.4, 0.5) is 0 Å². The van der Waals surface area contributed by atoms with E-state index in [1.165, 1.54) is 38.5 Å². The monoisotopic (exact) mass is 587 g/mol. The second-order valence-electron chi connectivity index (χ2n) is 14.6. The summed E-state index contributed by atoms with van der Waals surface area (Å²) in [5.41, 5.74) is 0. The van der Waals surface area contributed by atoms with Gasteiger partial charge in [-0.25, -0.2) is 0 Å². The lowest BCUT2D eigenvalue weighted by Gasteiger charge is -2.53. The summed E-state index contributed by atoms with van der Waals surface area (Å²) in [6.07, 6.45) is 12.3. The van der Waals surface area contributed by atoms with Crippen LogP contribution >= 0.6 is 0 Å². The molecule has 0 aromatic rings. The molecule has 7 rings (SSSR count). The molecule has 42 heavy (non-hydrogen) atoms. The van der Waals surface area contributed by atoms with Gasteiger partial charge in [0.2, 0.25) is 5.91 Å². The smallest absolute Gasteiger partial charge is 0.251 e. The minimum Gasteiger partial charge on any atom is -0.379 e. The van der Waals surface area contributed by atoms with Crippen LogP contribution in [-0.4, -0.2) is 122 Å². The van der Waals surface area contributed by atoms with Crippen molar-refractivity contribution in [3.63, 3.8) is 0 Å². The van der Waals surface area contributed by atoms with Crippen LogP contribution in [0.3, 0.4) is 0 Å². The molecular weight excluding hydrogens is 532 g/mol. The van der Waals surface area contributed by atoms with Gasteiger partial charge in [0.1, 0.15) is 12.1 Å². The van der Waals surface area contributed by atoms with Gasteiger partial charge in [-0.3, -0.25) is 14.5 Å². The van der Waals surface area contributed by atoms with Gasteiger partial charge in [-0.15, -0.1) is 0 Å². The number of piperidine rings is 2. The number of fused-ring (bicyclic) bond motifs is 5. The standard InChI is InChI=1S/C33H54N4O5/c1-20(32(38)36-17-15-35(16-18-36)21-7-5-4-6-8-21)42-22-9-11-26-25(19-22)23-13-14-34-29-24-10-12-27(40-2)31(41-3)28(24)33(39)37(26)30(23)29/h20-31,34H,4-19H2,1-3H3/p+1/t20-,22?,23?,24?,25?,26?,27?,28?,29?,30?,31?/m0/s1. The first kappa shape index (κ1) is 29.5. The summed E-state index contributed by atoms with van der Waals surface area (Å²) in [6, 6.07) is 1.80. The van der Waals surface area contributed by atoms with Gasteiger partial charge in [0.25, 0.3) is 5.91 Å². The Labute approximate surface area is 252 Å². The minimum absolute atomic E-state index is 0.00654. The first-order valence-electron chi connectivity index (χ1n) is 17.4. The molecule has 0 spiro atoms. The Morgan fingerprint density at radius 2 is 1.67 bits per heavy atom. The molecular formula is C33H55N4O5+. The maximum Gasteiger partial charge on any atom is 0.251 e. The molecule has 0 aromatic carbocycles. The molecule has 0 bridgehead atoms. The van der Waals surface area contributed by atoms with E-state index >= 15 is 0 Å². The highest BCUT2D eigenvalue weighted by Gasteiger charge is 2.66. The third kappa shape index (κ3) is 5.03. The fraction of sp³-hybridized carbons (Fsp3) is 0.939. The Morgan fingerprint density at radius 1 is 0.881 bits per heavy atom. The van der Waals surface area contributed by atoms with Gasteiger partial charge in [-0.1, -0.05) is 19.3 Å². The molecule has 3 saturated carbocycles. The van der Waals surface area contributed by atoms with E-state index in [1.807, 2.05) is 11.8 Å². The molecule has 9 heteroatoms. The molecule has 7 aliphatic rings. The molecule has 4 aliphatic heterocycles. The van der Waals surface area contributed by atoms with Crippen molar-refractivity contribution in [3.8, 4) is 0 Å². The molecule has 10 unspecified atom stereocenters. The zero-order chi connectivity index (χ0) is 29.0. The van der Waals surface area contributed by atoms with Crippen LogP contribution < -0.4 is 5.32 Å². The van der Waals surface area contributed by atoms with Gasteiger partial charge >= 0.3 is 0 Å². The third-order valence-corrected chi connectivity index (χ3v) is 12.9. The summed E-state index contributed by atoms with van der Waals surface area (Å²) in [7, 11) is 3.51. The predicted molar refractivity (Wildman–Crippen MR) is 158 cm³/mol. The molecule has 236 valence electrons. The van der Waals surface area contributed by atoms with Crippen molar-refractivity contribution in [1.29, 1.82) is 0 Å². The van der Waals surface area contributed by atoms with E-state index in [0.29, 0.717) is 41.8 Å². The Bertz CT molecular complexity index is 983. The Balaban J connectivity index is 0.990. The number of rotatable bonds is 6. The van der Waals surface area contributed by atoms with Gasteiger partial charge in [0.15, 0.2) is 0 Å². The van der Waals surface area contributed by atoms with Crippen LogP contribution in [-0.2, 0) is 23.8 Å². The Kier molecular flexibility index (Phi) is 8.60. The summed E-state index contributed by atoms with van der Waals surface area (Å²) >= 11 is 0. The molecule has 9 nitrogen and oxygen atoms in total. The lowest BCUT2D eigenvalue weighted by atomic mass is 9.64. The van der Waals surface area contributed by atoms with Crippen molar-refractivity contribution >= 4 is 11.8 Å². The zero-order valence-corrected chi connectivity index (χ0v) is 26.2. The minimum atomic E-state index is -0.401. The van der Waals surface area contributed by atoms with E-state index in [2.05, 4.69) is 15.1 Å². The molecule has 0 aromatic heterocycles. The zero-order valence-electron chi connectivity index (χ0n) is 26.2. The molecule has 4 saturated heterocycles. The largest absolute Gasteiger partial charge is 0.379 e. The van der Waals surface area contributed by atoms with Gasteiger partial charge in [-0.2, -0.15) is 0 Å². The van der Waals surface area contributed by atoms with Crippen molar-refractivity contribution in [2.45, 2.75) is 126 Å². The summed E-state index contributed by atoms with van der Waals surface area (Å²) in [5, 5.41) is 2.55. The number of amides is 2. The highest BCUT2D eigenvalue weighted by atomic mass is 16.5. The summed E-state index contributed by atoms with van der Waals surface area (Å²) in [4.78, 5) is 34.8. The van der Waals surface area contributed by atoms with Gasteiger partial charge in [0.05, 0.1) is 36.8 Å². The van der Waals surface area contributed by atoms with Crippen molar-refractivity contribution in [2.75, 3.05) is 46.9 Å². The molecule has 2 N–H and O–H groups in total. The number of piperazine rings is 1. The van der Waals surface area contributed by atoms with Crippen molar-refractivity contribution in [1.82, 2.24) is 14.7 Å². The average Bonchev–Trinajstić information content (AvgIpc) is 3.37. The molecule has 7 fully saturated rings. The maximum atomic E-state index is 14.3. The number of carbonyl (C=O) groups is 2. The van der Waals surface area contributed by atoms with E-state index in [1.54, 1.807) is 14.2 Å². The maximum absolute atomic E-state index is 14.3. The highest BCUT2D eigenvalue weighted by molar-refractivity contribution is 5.83. The van der Waals surface area contributed by atoms with Gasteiger partial charge < -0.3 is 29.3 Å². The van der Waals surface area contributed by atoms with E-state index in [4.69, 9.17) is 14.2 Å². The number of ether oxygens (including phenoxy) is 3. The second kappa shape index (κ2) is 12.3. The van der Waals surface area contributed by atoms with Crippen LogP contribution in [0.15, 0.2) is 0 Å². The summed E-state index contributed by atoms with van der Waals surface area (Å²) in [5.74, 6) is 1.75. The van der Waals surface area contributed by atoms with Gasteiger partial charge in [0, 0.05) is 64.8 Å². The number of nitrogens with zero attached hydrogens (tertiary/aromatic N) is 3. The summed E-state index contributed by atoms with van der Waals surface area (Å²) in [6.45, 7) is 6.75. The van der Waals surface area contributed by atoms with E-state index < -0.39 is 6.10 Å². The fourth-order valence-electron chi connectivity index (χ4n) is 11.0. The first-order chi connectivity index (χ1) is 20.5. The number of methoxy groups -OCH3 is 2. The Hall–Kier alpha value is -1.26. The normalized spacial score (nSPS) is 43.5. The number of hydrogen-bond acceptors (Lipinski definition) is 6. The number of hydrogen-bond donors (Lipinski definition) is 1. The Morgan fingerprint density at radius 3 is 2.40 bits per heavy atom. The molecule has 0 radical (unpaired) electrons. The van der Waals surface area contributed by atoms with Crippen molar-refractivity contribution in [2.24, 2.45) is 23.7 Å². The molecule has 11 atom stereocenters. The average molecular weight is 588 g/mol. The number of nitrogens with two attached hydrogens (primary N) is 1. The van der Waals surface area contributed by atoms with E-state index in [-0.39, 0.29) is 30.1 Å². The fourth-order valence-corrected chi connectivity index (χ4v) is 11.0. The quantitative estimate of drug-likeness (QED) is 0.509. The van der Waals surface area contributed by atoms with Crippen LogP contribution in [0.2, 0.25) is 0 Å². The van der Waals surface area contributed by atoms with Crippen LogP contribution in [0.25, 0.3) is 0 Å². The van der Waals surface area contributed by atoms with E-state index in [0.717, 1.165) is 70.9 Å².